The Morgan fingerprint density at radius 1 is 1.18 bits per heavy atom. The molecule has 3 aromatic rings. The molecule has 2 amide bonds. The van der Waals surface area contributed by atoms with Crippen molar-refractivity contribution >= 4 is 50.7 Å². The number of aryl methyl sites for hydroxylation is 2. The summed E-state index contributed by atoms with van der Waals surface area (Å²) in [5, 5.41) is 3.69. The molecule has 0 unspecified atom stereocenters. The molecule has 0 atom stereocenters. The normalized spacial score (nSPS) is 14.6. The SMILES string of the molecule is CCN1CCN(C(=O)c2sc3ncn(CC(=O)Nc4ccc(C)c(Cl)c4)c(=O)c3c2C)CC1. The van der Waals surface area contributed by atoms with E-state index in [1.807, 2.05) is 17.9 Å². The van der Waals surface area contributed by atoms with Gasteiger partial charge < -0.3 is 15.1 Å². The van der Waals surface area contributed by atoms with Gasteiger partial charge in [0.2, 0.25) is 5.91 Å². The summed E-state index contributed by atoms with van der Waals surface area (Å²) in [5.41, 5.74) is 1.75. The Kier molecular flexibility index (Phi) is 6.83. The fourth-order valence-electron chi connectivity index (χ4n) is 3.91. The van der Waals surface area contributed by atoms with Gasteiger partial charge in [-0.3, -0.25) is 19.0 Å². The number of thiophene rings is 1. The van der Waals surface area contributed by atoms with Gasteiger partial charge in [0.1, 0.15) is 11.4 Å². The maximum atomic E-state index is 13.1. The molecule has 0 spiro atoms. The number of carbonyl (C=O) groups is 2. The topological polar surface area (TPSA) is 87.5 Å². The molecule has 0 aliphatic carbocycles. The highest BCUT2D eigenvalue weighted by atomic mass is 35.5. The van der Waals surface area contributed by atoms with E-state index in [1.54, 1.807) is 19.1 Å². The Morgan fingerprint density at radius 3 is 2.58 bits per heavy atom. The fourth-order valence-corrected chi connectivity index (χ4v) is 5.20. The van der Waals surface area contributed by atoms with Gasteiger partial charge in [-0.15, -0.1) is 11.3 Å². The molecule has 1 aliphatic heterocycles. The van der Waals surface area contributed by atoms with Crippen LogP contribution in [0.15, 0.2) is 29.3 Å². The van der Waals surface area contributed by atoms with Gasteiger partial charge in [-0.2, -0.15) is 0 Å². The van der Waals surface area contributed by atoms with Crippen LogP contribution in [0.1, 0.15) is 27.7 Å². The Morgan fingerprint density at radius 2 is 1.91 bits per heavy atom. The lowest BCUT2D eigenvalue weighted by Gasteiger charge is -2.33. The van der Waals surface area contributed by atoms with Crippen LogP contribution in [-0.2, 0) is 11.3 Å². The van der Waals surface area contributed by atoms with Crippen molar-refractivity contribution in [2.24, 2.45) is 0 Å². The lowest BCUT2D eigenvalue weighted by molar-refractivity contribution is -0.116. The minimum Gasteiger partial charge on any atom is -0.335 e. The molecule has 0 radical (unpaired) electrons. The first-order valence-electron chi connectivity index (χ1n) is 10.8. The summed E-state index contributed by atoms with van der Waals surface area (Å²) in [6, 6.07) is 5.23. The molecule has 1 saturated heterocycles. The average Bonchev–Trinajstić information content (AvgIpc) is 3.14. The van der Waals surface area contributed by atoms with E-state index in [4.69, 9.17) is 11.6 Å². The van der Waals surface area contributed by atoms with Crippen LogP contribution in [0.3, 0.4) is 0 Å². The average molecular weight is 488 g/mol. The second kappa shape index (κ2) is 9.62. The number of likely N-dealkylation sites (N-methyl/N-ethyl adjacent to an activating group) is 1. The van der Waals surface area contributed by atoms with E-state index in [0.29, 0.717) is 44.5 Å². The first kappa shape index (κ1) is 23.4. The van der Waals surface area contributed by atoms with Crippen molar-refractivity contribution in [3.63, 3.8) is 0 Å². The van der Waals surface area contributed by atoms with Crippen molar-refractivity contribution < 1.29 is 9.59 Å². The number of anilines is 1. The van der Waals surface area contributed by atoms with Gasteiger partial charge in [0.15, 0.2) is 0 Å². The van der Waals surface area contributed by atoms with E-state index < -0.39 is 0 Å². The van der Waals surface area contributed by atoms with Crippen LogP contribution in [-0.4, -0.2) is 63.9 Å². The van der Waals surface area contributed by atoms with Crippen LogP contribution in [0.5, 0.6) is 0 Å². The number of aromatic nitrogens is 2. The smallest absolute Gasteiger partial charge is 0.264 e. The second-order valence-electron chi connectivity index (χ2n) is 8.15. The van der Waals surface area contributed by atoms with Gasteiger partial charge >= 0.3 is 0 Å². The van der Waals surface area contributed by atoms with Gasteiger partial charge in [-0.25, -0.2) is 4.98 Å². The van der Waals surface area contributed by atoms with E-state index in [9.17, 15) is 14.4 Å². The molecule has 1 fully saturated rings. The predicted octanol–water partition coefficient (Wildman–Crippen LogP) is 3.14. The van der Waals surface area contributed by atoms with Crippen LogP contribution < -0.4 is 10.9 Å². The number of hydrogen-bond donors (Lipinski definition) is 1. The molecule has 0 bridgehead atoms. The van der Waals surface area contributed by atoms with Crippen molar-refractivity contribution in [2.75, 3.05) is 38.0 Å². The third-order valence-corrected chi connectivity index (χ3v) is 7.58. The summed E-state index contributed by atoms with van der Waals surface area (Å²) < 4.78 is 1.27. The minimum absolute atomic E-state index is 0.0637. The third kappa shape index (κ3) is 4.80. The second-order valence-corrected chi connectivity index (χ2v) is 9.56. The third-order valence-electron chi connectivity index (χ3n) is 5.99. The molecule has 33 heavy (non-hydrogen) atoms. The summed E-state index contributed by atoms with van der Waals surface area (Å²) in [6.45, 7) is 9.57. The van der Waals surface area contributed by atoms with Gasteiger partial charge in [0.25, 0.3) is 11.5 Å². The first-order chi connectivity index (χ1) is 15.8. The number of nitrogens with one attached hydrogen (secondary N) is 1. The van der Waals surface area contributed by atoms with Crippen LogP contribution in [0.25, 0.3) is 10.2 Å². The molecule has 1 aromatic carbocycles. The number of rotatable bonds is 5. The van der Waals surface area contributed by atoms with E-state index in [-0.39, 0.29) is 23.9 Å². The van der Waals surface area contributed by atoms with Crippen molar-refractivity contribution in [3.05, 3.63) is 55.9 Å². The molecule has 2 aromatic heterocycles. The molecule has 1 N–H and O–H groups in total. The summed E-state index contributed by atoms with van der Waals surface area (Å²) in [5.74, 6) is -0.428. The van der Waals surface area contributed by atoms with E-state index >= 15 is 0 Å². The standard InChI is InChI=1S/C23H26ClN5O3S/c1-4-27-7-9-28(10-8-27)23(32)20-15(3)19-21(33-20)25-13-29(22(19)31)12-18(30)26-16-6-5-14(2)17(24)11-16/h5-6,11,13H,4,7-10,12H2,1-3H3,(H,26,30). The zero-order valence-electron chi connectivity index (χ0n) is 18.9. The fraction of sp³-hybridized carbons (Fsp3) is 0.391. The number of fused-ring (bicyclic) bond motifs is 1. The lowest BCUT2D eigenvalue weighted by Crippen LogP contribution is -2.48. The largest absolute Gasteiger partial charge is 0.335 e. The molecule has 174 valence electrons. The molecule has 4 rings (SSSR count). The zero-order valence-corrected chi connectivity index (χ0v) is 20.4. The number of amides is 2. The summed E-state index contributed by atoms with van der Waals surface area (Å²) in [6.07, 6.45) is 1.36. The number of hydrogen-bond acceptors (Lipinski definition) is 6. The van der Waals surface area contributed by atoms with Crippen molar-refractivity contribution in [2.45, 2.75) is 27.3 Å². The van der Waals surface area contributed by atoms with Gasteiger partial charge in [-0.1, -0.05) is 24.6 Å². The number of halogens is 1. The van der Waals surface area contributed by atoms with E-state index in [2.05, 4.69) is 22.1 Å². The zero-order chi connectivity index (χ0) is 23.7. The predicted molar refractivity (Wildman–Crippen MR) is 131 cm³/mol. The summed E-state index contributed by atoms with van der Waals surface area (Å²) in [4.78, 5) is 48.3. The maximum Gasteiger partial charge on any atom is 0.264 e. The number of carbonyl (C=O) groups excluding carboxylic acids is 2. The molecular formula is C23H26ClN5O3S. The maximum absolute atomic E-state index is 13.1. The quantitative estimate of drug-likeness (QED) is 0.597. The van der Waals surface area contributed by atoms with E-state index in [0.717, 1.165) is 25.2 Å². The minimum atomic E-state index is -0.365. The summed E-state index contributed by atoms with van der Waals surface area (Å²) >= 11 is 7.35. The van der Waals surface area contributed by atoms with Crippen molar-refractivity contribution in [1.29, 1.82) is 0 Å². The molecular weight excluding hydrogens is 462 g/mol. The van der Waals surface area contributed by atoms with Gasteiger partial charge in [-0.05, 0) is 43.7 Å². The monoisotopic (exact) mass is 487 g/mol. The van der Waals surface area contributed by atoms with Gasteiger partial charge in [0, 0.05) is 36.9 Å². The van der Waals surface area contributed by atoms with Crippen LogP contribution in [0.2, 0.25) is 5.02 Å². The van der Waals surface area contributed by atoms with Gasteiger partial charge in [0.05, 0.1) is 16.6 Å². The number of benzene rings is 1. The molecule has 3 heterocycles. The van der Waals surface area contributed by atoms with Crippen LogP contribution in [0, 0.1) is 13.8 Å². The summed E-state index contributed by atoms with van der Waals surface area (Å²) in [7, 11) is 0. The van der Waals surface area contributed by atoms with Crippen molar-refractivity contribution in [3.8, 4) is 0 Å². The van der Waals surface area contributed by atoms with Crippen LogP contribution in [0.4, 0.5) is 5.69 Å². The molecule has 1 aliphatic rings. The Balaban J connectivity index is 1.54. The Labute approximate surface area is 200 Å². The van der Waals surface area contributed by atoms with Crippen LogP contribution >= 0.6 is 22.9 Å². The highest BCUT2D eigenvalue weighted by molar-refractivity contribution is 7.20. The number of nitrogens with zero attached hydrogens (tertiary/aromatic N) is 4. The van der Waals surface area contributed by atoms with Crippen molar-refractivity contribution in [1.82, 2.24) is 19.4 Å². The first-order valence-corrected chi connectivity index (χ1v) is 12.0. The molecule has 10 heteroatoms. The highest BCUT2D eigenvalue weighted by Gasteiger charge is 2.26. The Hall–Kier alpha value is -2.75. The van der Waals surface area contributed by atoms with E-state index in [1.165, 1.54) is 22.2 Å². The highest BCUT2D eigenvalue weighted by Crippen LogP contribution is 2.28. The molecule has 0 saturated carbocycles. The Bertz CT molecular complexity index is 1280. The number of piperazine rings is 1. The lowest BCUT2D eigenvalue weighted by atomic mass is 10.2. The molecule has 8 nitrogen and oxygen atoms in total.